The normalized spacial score (nSPS) is 14.0. The van der Waals surface area contributed by atoms with Crippen molar-refractivity contribution in [3.63, 3.8) is 0 Å². The Labute approximate surface area is 116 Å². The lowest BCUT2D eigenvalue weighted by Crippen LogP contribution is -2.33. The number of nitrogens with one attached hydrogen (secondary N) is 1. The molecule has 0 saturated heterocycles. The fourth-order valence-corrected chi connectivity index (χ4v) is 2.22. The number of nitrogens with two attached hydrogens (primary N) is 1. The molecule has 0 aliphatic heterocycles. The maximum absolute atomic E-state index is 13.3. The lowest BCUT2D eigenvalue weighted by molar-refractivity contribution is 0.0674. The van der Waals surface area contributed by atoms with Gasteiger partial charge in [0, 0.05) is 13.2 Å². The standard InChI is InChI=1S/C15H16F2N2O/c1-20-15(10-5-3-2-4-6-10)14(19-18)11-7-12(16)9-13(17)8-11/h2-9,14-15,19H,18H2,1H3. The van der Waals surface area contributed by atoms with Crippen LogP contribution in [0.1, 0.15) is 23.3 Å². The van der Waals surface area contributed by atoms with E-state index in [9.17, 15) is 8.78 Å². The van der Waals surface area contributed by atoms with Gasteiger partial charge in [-0.2, -0.15) is 0 Å². The highest BCUT2D eigenvalue weighted by Crippen LogP contribution is 2.31. The van der Waals surface area contributed by atoms with Crippen LogP contribution in [0.25, 0.3) is 0 Å². The van der Waals surface area contributed by atoms with Gasteiger partial charge in [-0.05, 0) is 23.3 Å². The molecule has 2 unspecified atom stereocenters. The first-order valence-electron chi connectivity index (χ1n) is 6.15. The molecule has 0 aliphatic rings. The molecule has 20 heavy (non-hydrogen) atoms. The Morgan fingerprint density at radius 3 is 2.10 bits per heavy atom. The molecular weight excluding hydrogens is 262 g/mol. The van der Waals surface area contributed by atoms with E-state index < -0.39 is 23.8 Å². The third-order valence-electron chi connectivity index (χ3n) is 3.11. The summed E-state index contributed by atoms with van der Waals surface area (Å²) in [7, 11) is 1.53. The van der Waals surface area contributed by atoms with E-state index in [1.165, 1.54) is 19.2 Å². The Bertz CT molecular complexity index is 543. The number of benzene rings is 2. The van der Waals surface area contributed by atoms with Crippen LogP contribution < -0.4 is 11.3 Å². The molecule has 0 aliphatic carbocycles. The van der Waals surface area contributed by atoms with E-state index in [1.54, 1.807) is 0 Å². The minimum atomic E-state index is -0.650. The maximum atomic E-state index is 13.3. The van der Waals surface area contributed by atoms with E-state index in [4.69, 9.17) is 10.6 Å². The Hall–Kier alpha value is -1.82. The molecule has 2 aromatic carbocycles. The highest BCUT2D eigenvalue weighted by atomic mass is 19.1. The number of ether oxygens (including phenoxy) is 1. The van der Waals surface area contributed by atoms with Crippen LogP contribution in [0.4, 0.5) is 8.78 Å². The van der Waals surface area contributed by atoms with Crippen LogP contribution >= 0.6 is 0 Å². The molecule has 0 amide bonds. The van der Waals surface area contributed by atoms with Gasteiger partial charge in [-0.3, -0.25) is 5.84 Å². The van der Waals surface area contributed by atoms with Gasteiger partial charge in [0.15, 0.2) is 0 Å². The zero-order valence-electron chi connectivity index (χ0n) is 11.0. The molecule has 0 aromatic heterocycles. The van der Waals surface area contributed by atoms with Gasteiger partial charge >= 0.3 is 0 Å². The molecule has 2 aromatic rings. The van der Waals surface area contributed by atoms with Gasteiger partial charge < -0.3 is 4.74 Å². The molecular formula is C15H16F2N2O. The number of hydrogen-bond acceptors (Lipinski definition) is 3. The smallest absolute Gasteiger partial charge is 0.126 e. The van der Waals surface area contributed by atoms with Crippen molar-refractivity contribution in [2.75, 3.05) is 7.11 Å². The summed E-state index contributed by atoms with van der Waals surface area (Å²) in [6.07, 6.45) is -0.456. The fourth-order valence-electron chi connectivity index (χ4n) is 2.22. The molecule has 2 atom stereocenters. The van der Waals surface area contributed by atoms with Gasteiger partial charge in [0.05, 0.1) is 6.04 Å². The van der Waals surface area contributed by atoms with E-state index in [-0.39, 0.29) is 0 Å². The second-order valence-electron chi connectivity index (χ2n) is 4.41. The minimum Gasteiger partial charge on any atom is -0.375 e. The molecule has 0 radical (unpaired) electrons. The highest BCUT2D eigenvalue weighted by molar-refractivity contribution is 5.27. The Balaban J connectivity index is 2.39. The molecule has 0 spiro atoms. The number of methoxy groups -OCH3 is 1. The van der Waals surface area contributed by atoms with Crippen molar-refractivity contribution < 1.29 is 13.5 Å². The van der Waals surface area contributed by atoms with E-state index in [1.807, 2.05) is 30.3 Å². The third-order valence-corrected chi connectivity index (χ3v) is 3.11. The molecule has 2 rings (SSSR count). The van der Waals surface area contributed by atoms with E-state index in [0.717, 1.165) is 11.6 Å². The second-order valence-corrected chi connectivity index (χ2v) is 4.41. The van der Waals surface area contributed by atoms with Crippen LogP contribution in [0.2, 0.25) is 0 Å². The summed E-state index contributed by atoms with van der Waals surface area (Å²) in [4.78, 5) is 0. The average molecular weight is 278 g/mol. The summed E-state index contributed by atoms with van der Waals surface area (Å²) in [6, 6.07) is 12.1. The Morgan fingerprint density at radius 2 is 1.60 bits per heavy atom. The summed E-state index contributed by atoms with van der Waals surface area (Å²) in [6.45, 7) is 0. The first kappa shape index (κ1) is 14.6. The zero-order valence-corrected chi connectivity index (χ0v) is 11.0. The number of hydrogen-bond donors (Lipinski definition) is 2. The third kappa shape index (κ3) is 3.19. The van der Waals surface area contributed by atoms with Gasteiger partial charge in [-0.25, -0.2) is 14.2 Å². The molecule has 0 fully saturated rings. The summed E-state index contributed by atoms with van der Waals surface area (Å²) in [5.74, 6) is 4.24. The molecule has 3 N–H and O–H groups in total. The predicted molar refractivity (Wildman–Crippen MR) is 72.6 cm³/mol. The number of hydrazine groups is 1. The van der Waals surface area contributed by atoms with Gasteiger partial charge in [-0.15, -0.1) is 0 Å². The highest BCUT2D eigenvalue weighted by Gasteiger charge is 2.24. The SMILES string of the molecule is COC(c1ccccc1)C(NN)c1cc(F)cc(F)c1. The molecule has 0 bridgehead atoms. The predicted octanol–water partition coefficient (Wildman–Crippen LogP) is 2.86. The largest absolute Gasteiger partial charge is 0.375 e. The van der Waals surface area contributed by atoms with Gasteiger partial charge in [-0.1, -0.05) is 30.3 Å². The van der Waals surface area contributed by atoms with Crippen molar-refractivity contribution >= 4 is 0 Å². The zero-order chi connectivity index (χ0) is 14.5. The van der Waals surface area contributed by atoms with E-state index >= 15 is 0 Å². The monoisotopic (exact) mass is 278 g/mol. The Morgan fingerprint density at radius 1 is 1.00 bits per heavy atom. The van der Waals surface area contributed by atoms with E-state index in [2.05, 4.69) is 5.43 Å². The maximum Gasteiger partial charge on any atom is 0.126 e. The van der Waals surface area contributed by atoms with Crippen LogP contribution in [0, 0.1) is 11.6 Å². The van der Waals surface area contributed by atoms with Crippen molar-refractivity contribution in [1.29, 1.82) is 0 Å². The van der Waals surface area contributed by atoms with Crippen molar-refractivity contribution in [2.24, 2.45) is 5.84 Å². The van der Waals surface area contributed by atoms with Crippen molar-refractivity contribution in [2.45, 2.75) is 12.1 Å². The lowest BCUT2D eigenvalue weighted by atomic mass is 9.96. The van der Waals surface area contributed by atoms with Crippen LogP contribution in [0.3, 0.4) is 0 Å². The van der Waals surface area contributed by atoms with E-state index in [0.29, 0.717) is 5.56 Å². The number of halogens is 2. The molecule has 0 saturated carbocycles. The summed E-state index contributed by atoms with van der Waals surface area (Å²) in [5, 5.41) is 0. The van der Waals surface area contributed by atoms with Crippen LogP contribution in [-0.4, -0.2) is 7.11 Å². The molecule has 5 heteroatoms. The van der Waals surface area contributed by atoms with Gasteiger partial charge in [0.25, 0.3) is 0 Å². The second kappa shape index (κ2) is 6.56. The van der Waals surface area contributed by atoms with Crippen molar-refractivity contribution in [3.8, 4) is 0 Å². The molecule has 3 nitrogen and oxygen atoms in total. The topological polar surface area (TPSA) is 47.3 Å². The summed E-state index contributed by atoms with van der Waals surface area (Å²) < 4.78 is 32.1. The minimum absolute atomic E-state index is 0.390. The average Bonchev–Trinajstić information content (AvgIpc) is 2.44. The molecule has 0 heterocycles. The van der Waals surface area contributed by atoms with Crippen LogP contribution in [-0.2, 0) is 4.74 Å². The van der Waals surface area contributed by atoms with Gasteiger partial charge in [0.2, 0.25) is 0 Å². The lowest BCUT2D eigenvalue weighted by Gasteiger charge is -2.26. The van der Waals surface area contributed by atoms with Crippen molar-refractivity contribution in [1.82, 2.24) is 5.43 Å². The van der Waals surface area contributed by atoms with Crippen LogP contribution in [0.5, 0.6) is 0 Å². The Kier molecular flexibility index (Phi) is 4.79. The quantitative estimate of drug-likeness (QED) is 0.653. The van der Waals surface area contributed by atoms with Crippen LogP contribution in [0.15, 0.2) is 48.5 Å². The molecule has 106 valence electrons. The van der Waals surface area contributed by atoms with Crippen molar-refractivity contribution in [3.05, 3.63) is 71.3 Å². The first-order valence-corrected chi connectivity index (χ1v) is 6.15. The summed E-state index contributed by atoms with van der Waals surface area (Å²) >= 11 is 0. The first-order chi connectivity index (χ1) is 9.65. The fraction of sp³-hybridized carbons (Fsp3) is 0.200. The number of rotatable bonds is 5. The van der Waals surface area contributed by atoms with Gasteiger partial charge in [0.1, 0.15) is 17.7 Å². The summed E-state index contributed by atoms with van der Waals surface area (Å²) in [5.41, 5.74) is 3.82.